The fourth-order valence-corrected chi connectivity index (χ4v) is 3.65. The smallest absolute Gasteiger partial charge is 0.264 e. The number of nitrogens with zero attached hydrogens (tertiary/aromatic N) is 4. The Labute approximate surface area is 146 Å². The third-order valence-corrected chi connectivity index (χ3v) is 4.99. The second-order valence-electron chi connectivity index (χ2n) is 6.20. The van der Waals surface area contributed by atoms with Crippen molar-refractivity contribution in [2.24, 2.45) is 0 Å². The first-order valence-corrected chi connectivity index (χ1v) is 8.92. The summed E-state index contributed by atoms with van der Waals surface area (Å²) in [6.45, 7) is 3.36. The zero-order valence-electron chi connectivity index (χ0n) is 14.2. The molecule has 1 aliphatic heterocycles. The van der Waals surface area contributed by atoms with E-state index in [1.54, 1.807) is 12.4 Å². The topological polar surface area (TPSA) is 58.6 Å². The van der Waals surface area contributed by atoms with Gasteiger partial charge in [0.1, 0.15) is 6.10 Å². The summed E-state index contributed by atoms with van der Waals surface area (Å²) in [6, 6.07) is 1.95. The molecule has 0 saturated carbocycles. The van der Waals surface area contributed by atoms with Gasteiger partial charge in [0.15, 0.2) is 5.82 Å². The van der Waals surface area contributed by atoms with Crippen LogP contribution < -0.4 is 9.64 Å². The first-order chi connectivity index (χ1) is 11.5. The lowest BCUT2D eigenvalue weighted by Gasteiger charge is -2.32. The summed E-state index contributed by atoms with van der Waals surface area (Å²) in [5.41, 5.74) is 1.13. The predicted octanol–water partition coefficient (Wildman–Crippen LogP) is 2.60. The highest BCUT2D eigenvalue weighted by Crippen LogP contribution is 2.25. The van der Waals surface area contributed by atoms with Crippen molar-refractivity contribution >= 4 is 23.1 Å². The number of rotatable bonds is 4. The number of anilines is 1. The molecule has 1 unspecified atom stereocenters. The molecule has 0 radical (unpaired) electrons. The second-order valence-corrected chi connectivity index (χ2v) is 7.11. The molecule has 0 aromatic carbocycles. The third-order valence-electron chi connectivity index (χ3n) is 3.96. The highest BCUT2D eigenvalue weighted by Gasteiger charge is 2.27. The average Bonchev–Trinajstić information content (AvgIpc) is 3.01. The Morgan fingerprint density at radius 1 is 1.38 bits per heavy atom. The van der Waals surface area contributed by atoms with E-state index in [1.807, 2.05) is 42.3 Å². The monoisotopic (exact) mass is 346 g/mol. The number of amides is 1. The van der Waals surface area contributed by atoms with Crippen LogP contribution in [-0.4, -0.2) is 54.1 Å². The minimum atomic E-state index is -0.0563. The van der Waals surface area contributed by atoms with Crippen molar-refractivity contribution in [3.05, 3.63) is 34.3 Å². The van der Waals surface area contributed by atoms with Crippen molar-refractivity contribution < 1.29 is 9.53 Å². The van der Waals surface area contributed by atoms with Crippen LogP contribution in [0, 0.1) is 6.92 Å². The zero-order valence-corrected chi connectivity index (χ0v) is 15.0. The summed E-state index contributed by atoms with van der Waals surface area (Å²) in [5.74, 6) is 1.32. The van der Waals surface area contributed by atoms with Gasteiger partial charge in [-0.1, -0.05) is 0 Å². The van der Waals surface area contributed by atoms with Gasteiger partial charge in [-0.25, -0.2) is 9.97 Å². The SMILES string of the molecule is Cc1csc(C(=O)N2CCCC(Oc3nccnc3N(C)C)C2)c1. The lowest BCUT2D eigenvalue weighted by molar-refractivity contribution is 0.0532. The number of carbonyl (C=O) groups excluding carboxylic acids is 1. The molecule has 0 aliphatic carbocycles. The lowest BCUT2D eigenvalue weighted by Crippen LogP contribution is -2.44. The van der Waals surface area contributed by atoms with Crippen LogP contribution >= 0.6 is 11.3 Å². The van der Waals surface area contributed by atoms with E-state index in [1.165, 1.54) is 11.3 Å². The molecule has 6 nitrogen and oxygen atoms in total. The van der Waals surface area contributed by atoms with Crippen LogP contribution in [0.2, 0.25) is 0 Å². The summed E-state index contributed by atoms with van der Waals surface area (Å²) in [7, 11) is 3.82. The van der Waals surface area contributed by atoms with Crippen molar-refractivity contribution in [3.8, 4) is 5.88 Å². The van der Waals surface area contributed by atoms with Crippen molar-refractivity contribution in [2.75, 3.05) is 32.1 Å². The number of ether oxygens (including phenoxy) is 1. The highest BCUT2D eigenvalue weighted by atomic mass is 32.1. The van der Waals surface area contributed by atoms with Gasteiger partial charge in [-0.3, -0.25) is 4.79 Å². The second kappa shape index (κ2) is 7.17. The number of hydrogen-bond donors (Lipinski definition) is 0. The number of thiophene rings is 1. The fraction of sp³-hybridized carbons (Fsp3) is 0.471. The summed E-state index contributed by atoms with van der Waals surface area (Å²) in [4.78, 5) is 25.8. The van der Waals surface area contributed by atoms with E-state index >= 15 is 0 Å². The molecule has 128 valence electrons. The molecule has 3 heterocycles. The Bertz CT molecular complexity index is 716. The molecule has 1 saturated heterocycles. The van der Waals surface area contributed by atoms with E-state index in [-0.39, 0.29) is 12.0 Å². The molecular formula is C17H22N4O2S. The maximum atomic E-state index is 12.6. The molecule has 2 aromatic heterocycles. The number of aryl methyl sites for hydroxylation is 1. The van der Waals surface area contributed by atoms with E-state index in [4.69, 9.17) is 4.74 Å². The van der Waals surface area contributed by atoms with E-state index in [0.717, 1.165) is 29.8 Å². The predicted molar refractivity (Wildman–Crippen MR) is 95.0 cm³/mol. The summed E-state index contributed by atoms with van der Waals surface area (Å²) < 4.78 is 6.06. The zero-order chi connectivity index (χ0) is 17.1. The fourth-order valence-electron chi connectivity index (χ4n) is 2.78. The van der Waals surface area contributed by atoms with Crippen LogP contribution in [0.4, 0.5) is 5.82 Å². The van der Waals surface area contributed by atoms with Gasteiger partial charge in [0.2, 0.25) is 0 Å². The number of aromatic nitrogens is 2. The van der Waals surface area contributed by atoms with E-state index in [9.17, 15) is 4.79 Å². The molecule has 1 atom stereocenters. The van der Waals surface area contributed by atoms with Gasteiger partial charge in [0.25, 0.3) is 11.8 Å². The normalized spacial score (nSPS) is 17.6. The maximum absolute atomic E-state index is 12.6. The van der Waals surface area contributed by atoms with Crippen LogP contribution in [0.25, 0.3) is 0 Å². The Morgan fingerprint density at radius 2 is 2.17 bits per heavy atom. The first-order valence-electron chi connectivity index (χ1n) is 8.04. The molecule has 3 rings (SSSR count). The van der Waals surface area contributed by atoms with Gasteiger partial charge in [-0.15, -0.1) is 11.3 Å². The van der Waals surface area contributed by atoms with Crippen molar-refractivity contribution in [1.82, 2.24) is 14.9 Å². The molecule has 24 heavy (non-hydrogen) atoms. The number of carbonyl (C=O) groups is 1. The average molecular weight is 346 g/mol. The van der Waals surface area contributed by atoms with Gasteiger partial charge in [0, 0.05) is 33.0 Å². The molecule has 0 bridgehead atoms. The van der Waals surface area contributed by atoms with E-state index < -0.39 is 0 Å². The van der Waals surface area contributed by atoms with Gasteiger partial charge in [-0.05, 0) is 36.8 Å². The van der Waals surface area contributed by atoms with Crippen molar-refractivity contribution in [3.63, 3.8) is 0 Å². The molecule has 1 fully saturated rings. The molecule has 7 heteroatoms. The van der Waals surface area contributed by atoms with Crippen LogP contribution in [0.1, 0.15) is 28.1 Å². The van der Waals surface area contributed by atoms with Gasteiger partial charge in [0.05, 0.1) is 11.4 Å². The quantitative estimate of drug-likeness (QED) is 0.852. The van der Waals surface area contributed by atoms with Gasteiger partial charge < -0.3 is 14.5 Å². The summed E-state index contributed by atoms with van der Waals surface area (Å²) in [5, 5.41) is 2.01. The number of piperidine rings is 1. The summed E-state index contributed by atoms with van der Waals surface area (Å²) >= 11 is 1.50. The Morgan fingerprint density at radius 3 is 2.88 bits per heavy atom. The Kier molecular flexibility index (Phi) is 4.99. The first kappa shape index (κ1) is 16.7. The Hall–Kier alpha value is -2.15. The molecule has 2 aromatic rings. The van der Waals surface area contributed by atoms with Crippen molar-refractivity contribution in [2.45, 2.75) is 25.9 Å². The molecule has 1 amide bonds. The summed E-state index contributed by atoms with van der Waals surface area (Å²) in [6.07, 6.45) is 5.06. The molecule has 0 N–H and O–H groups in total. The highest BCUT2D eigenvalue weighted by molar-refractivity contribution is 7.12. The minimum absolute atomic E-state index is 0.0563. The van der Waals surface area contributed by atoms with E-state index in [2.05, 4.69) is 9.97 Å². The maximum Gasteiger partial charge on any atom is 0.264 e. The minimum Gasteiger partial charge on any atom is -0.470 e. The molecule has 1 aliphatic rings. The largest absolute Gasteiger partial charge is 0.470 e. The molecule has 0 spiro atoms. The standard InChI is InChI=1S/C17H22N4O2S/c1-12-9-14(24-11-12)17(22)21-8-4-5-13(10-21)23-16-15(20(2)3)18-6-7-19-16/h6-7,9,11,13H,4-5,8,10H2,1-3H3. The Balaban J connectivity index is 1.69. The van der Waals surface area contributed by atoms with Crippen LogP contribution in [0.15, 0.2) is 23.8 Å². The van der Waals surface area contributed by atoms with Crippen LogP contribution in [-0.2, 0) is 0 Å². The molecular weight excluding hydrogens is 324 g/mol. The lowest BCUT2D eigenvalue weighted by atomic mass is 10.1. The number of hydrogen-bond acceptors (Lipinski definition) is 6. The third kappa shape index (κ3) is 3.67. The van der Waals surface area contributed by atoms with E-state index in [0.29, 0.717) is 18.2 Å². The number of likely N-dealkylation sites (tertiary alicyclic amines) is 1. The van der Waals surface area contributed by atoms with Crippen LogP contribution in [0.5, 0.6) is 5.88 Å². The van der Waals surface area contributed by atoms with Gasteiger partial charge >= 0.3 is 0 Å². The van der Waals surface area contributed by atoms with Gasteiger partial charge in [-0.2, -0.15) is 0 Å². The van der Waals surface area contributed by atoms with Crippen LogP contribution in [0.3, 0.4) is 0 Å². The van der Waals surface area contributed by atoms with Crippen molar-refractivity contribution in [1.29, 1.82) is 0 Å².